The standard InChI is InChI=1S/C27H30O16/c1-8-15(31)19(35)21(37)26(39-8)40-12-6-11(30)14-18(34)25(43-27-22(38)20(36)16(32)13(7-28)41-27)23(42-24(14)17(12)33)9-2-4-10(29)5-3-9/h2-6,8,13,15-16,19-22,26-33,35-38H,7H2,1H3/t8-,13+,15-,16+,19+,20-,21+,22+,26-,27-/m0/s1. The first-order valence-electron chi connectivity index (χ1n) is 13.0. The van der Waals surface area contributed by atoms with Crippen LogP contribution in [0.25, 0.3) is 22.3 Å². The molecular formula is C27H30O16. The number of ether oxygens (including phenoxy) is 4. The first-order valence-corrected chi connectivity index (χ1v) is 13.0. The molecule has 10 atom stereocenters. The van der Waals surface area contributed by atoms with E-state index in [1.165, 1.54) is 31.2 Å². The van der Waals surface area contributed by atoms with Crippen molar-refractivity contribution in [3.05, 3.63) is 40.6 Å². The van der Waals surface area contributed by atoms with E-state index < -0.39 is 113 Å². The third-order valence-corrected chi connectivity index (χ3v) is 7.31. The van der Waals surface area contributed by atoms with Crippen molar-refractivity contribution in [1.82, 2.24) is 0 Å². The summed E-state index contributed by atoms with van der Waals surface area (Å²) in [7, 11) is 0. The Labute approximate surface area is 241 Å². The molecule has 2 aliphatic heterocycles. The highest BCUT2D eigenvalue weighted by atomic mass is 16.7. The Kier molecular flexibility index (Phi) is 8.41. The van der Waals surface area contributed by atoms with Crippen LogP contribution in [0.15, 0.2) is 39.5 Å². The summed E-state index contributed by atoms with van der Waals surface area (Å²) in [6.45, 7) is 0.612. The summed E-state index contributed by atoms with van der Waals surface area (Å²) in [4.78, 5) is 13.7. The Morgan fingerprint density at radius 3 is 2.02 bits per heavy atom. The van der Waals surface area contributed by atoms with Crippen LogP contribution < -0.4 is 14.9 Å². The lowest BCUT2D eigenvalue weighted by atomic mass is 9.99. The number of aliphatic hydroxyl groups excluding tert-OH is 7. The topological polar surface area (TPSA) is 269 Å². The maximum Gasteiger partial charge on any atom is 0.239 e. The van der Waals surface area contributed by atoms with Crippen LogP contribution in [0, 0.1) is 0 Å². The predicted molar refractivity (Wildman–Crippen MR) is 140 cm³/mol. The van der Waals surface area contributed by atoms with Gasteiger partial charge in [-0.3, -0.25) is 4.79 Å². The average Bonchev–Trinajstić information content (AvgIpc) is 2.98. The number of rotatable bonds is 6. The summed E-state index contributed by atoms with van der Waals surface area (Å²) >= 11 is 0. The van der Waals surface area contributed by atoms with Crippen LogP contribution in [-0.4, -0.2) is 119 Å². The second kappa shape index (κ2) is 11.8. The van der Waals surface area contributed by atoms with Gasteiger partial charge in [0.15, 0.2) is 17.1 Å². The van der Waals surface area contributed by atoms with Gasteiger partial charge >= 0.3 is 0 Å². The molecule has 2 fully saturated rings. The number of phenolic OH excluding ortho intramolecular Hbond substituents is 3. The van der Waals surface area contributed by atoms with Crippen molar-refractivity contribution in [1.29, 1.82) is 0 Å². The first-order chi connectivity index (χ1) is 20.3. The van der Waals surface area contributed by atoms with Crippen LogP contribution in [0.1, 0.15) is 6.92 Å². The molecule has 2 saturated heterocycles. The fourth-order valence-electron chi connectivity index (χ4n) is 4.81. The molecule has 16 nitrogen and oxygen atoms in total. The highest BCUT2D eigenvalue weighted by molar-refractivity contribution is 5.93. The van der Waals surface area contributed by atoms with Crippen molar-refractivity contribution in [2.24, 2.45) is 0 Å². The van der Waals surface area contributed by atoms with Crippen molar-refractivity contribution in [2.75, 3.05) is 6.61 Å². The van der Waals surface area contributed by atoms with Gasteiger partial charge in [-0.2, -0.15) is 0 Å². The molecule has 0 amide bonds. The smallest absolute Gasteiger partial charge is 0.239 e. The van der Waals surface area contributed by atoms with E-state index in [1.807, 2.05) is 0 Å². The van der Waals surface area contributed by atoms with Crippen LogP contribution >= 0.6 is 0 Å². The van der Waals surface area contributed by atoms with Gasteiger partial charge in [0, 0.05) is 11.6 Å². The lowest BCUT2D eigenvalue weighted by molar-refractivity contribution is -0.277. The number of fused-ring (bicyclic) bond motifs is 1. The zero-order valence-electron chi connectivity index (χ0n) is 22.3. The minimum atomic E-state index is -1.92. The van der Waals surface area contributed by atoms with E-state index in [0.29, 0.717) is 0 Å². The highest BCUT2D eigenvalue weighted by Crippen LogP contribution is 2.44. The molecular weight excluding hydrogens is 580 g/mol. The second-order valence-corrected chi connectivity index (χ2v) is 10.2. The Morgan fingerprint density at radius 2 is 1.40 bits per heavy atom. The first kappa shape index (κ1) is 30.7. The molecule has 0 aliphatic carbocycles. The summed E-state index contributed by atoms with van der Waals surface area (Å²) in [5.41, 5.74) is -1.66. The van der Waals surface area contributed by atoms with Gasteiger partial charge in [0.1, 0.15) is 59.6 Å². The molecule has 2 aliphatic rings. The van der Waals surface area contributed by atoms with Crippen LogP contribution in [0.2, 0.25) is 0 Å². The highest BCUT2D eigenvalue weighted by Gasteiger charge is 2.46. The number of hydrogen-bond acceptors (Lipinski definition) is 16. The van der Waals surface area contributed by atoms with E-state index in [-0.39, 0.29) is 11.3 Å². The van der Waals surface area contributed by atoms with Gasteiger partial charge in [-0.1, -0.05) is 0 Å². The van der Waals surface area contributed by atoms with Crippen LogP contribution in [0.5, 0.6) is 28.7 Å². The fourth-order valence-corrected chi connectivity index (χ4v) is 4.81. The Morgan fingerprint density at radius 1 is 0.791 bits per heavy atom. The quantitative estimate of drug-likeness (QED) is 0.135. The molecule has 2 aromatic carbocycles. The summed E-state index contributed by atoms with van der Waals surface area (Å²) in [6.07, 6.45) is -16.2. The molecule has 3 aromatic rings. The Hall–Kier alpha value is -3.71. The Bertz CT molecular complexity index is 1520. The molecule has 5 rings (SSSR count). The number of aromatic hydroxyl groups is 3. The number of benzene rings is 2. The van der Waals surface area contributed by atoms with Gasteiger partial charge in [-0.15, -0.1) is 0 Å². The third kappa shape index (κ3) is 5.44. The van der Waals surface area contributed by atoms with E-state index in [4.69, 9.17) is 23.4 Å². The summed E-state index contributed by atoms with van der Waals surface area (Å²) in [5, 5.41) is 102. The Balaban J connectivity index is 1.63. The number of hydrogen-bond donors (Lipinski definition) is 10. The minimum absolute atomic E-state index is 0.0820. The normalized spacial score (nSPS) is 32.9. The number of aliphatic hydroxyl groups is 7. The summed E-state index contributed by atoms with van der Waals surface area (Å²) < 4.78 is 27.6. The van der Waals surface area contributed by atoms with Gasteiger partial charge in [0.05, 0.1) is 12.7 Å². The molecule has 0 radical (unpaired) electrons. The molecule has 0 bridgehead atoms. The fraction of sp³-hybridized carbons (Fsp3) is 0.444. The zero-order chi connectivity index (χ0) is 31.3. The molecule has 0 unspecified atom stereocenters. The van der Waals surface area contributed by atoms with Crippen molar-refractivity contribution < 1.29 is 74.4 Å². The van der Waals surface area contributed by atoms with Gasteiger partial charge < -0.3 is 74.4 Å². The SMILES string of the molecule is C[C@@H]1O[C@@H](Oc2cc(O)c3c(=O)c(O[C@@H]4O[C@H](CO)[C@@H](O)[C@H](O)[C@H]4O)c(-c4ccc(O)cc4)oc3c2O)[C@H](O)[C@H](O)[C@H]1O. The van der Waals surface area contributed by atoms with E-state index in [2.05, 4.69) is 0 Å². The molecule has 3 heterocycles. The summed E-state index contributed by atoms with van der Waals surface area (Å²) in [5.74, 6) is -3.48. The molecule has 1 aromatic heterocycles. The van der Waals surface area contributed by atoms with Crippen molar-refractivity contribution in [3.8, 4) is 40.1 Å². The van der Waals surface area contributed by atoms with Gasteiger partial charge in [-0.25, -0.2) is 0 Å². The summed E-state index contributed by atoms with van der Waals surface area (Å²) in [6, 6.07) is 5.87. The van der Waals surface area contributed by atoms with E-state index in [9.17, 15) is 55.9 Å². The minimum Gasteiger partial charge on any atom is -0.508 e. The average molecular weight is 611 g/mol. The van der Waals surface area contributed by atoms with Gasteiger partial charge in [0.2, 0.25) is 29.5 Å². The third-order valence-electron chi connectivity index (χ3n) is 7.31. The predicted octanol–water partition coefficient (Wildman–Crippen LogP) is -2.04. The lowest BCUT2D eigenvalue weighted by Gasteiger charge is -2.39. The lowest BCUT2D eigenvalue weighted by Crippen LogP contribution is -2.60. The molecule has 43 heavy (non-hydrogen) atoms. The van der Waals surface area contributed by atoms with Crippen molar-refractivity contribution in [2.45, 2.75) is 68.3 Å². The molecule has 234 valence electrons. The van der Waals surface area contributed by atoms with Crippen LogP contribution in [-0.2, 0) is 9.47 Å². The molecule has 16 heteroatoms. The van der Waals surface area contributed by atoms with E-state index in [0.717, 1.165) is 6.07 Å². The maximum absolute atomic E-state index is 13.7. The molecule has 0 spiro atoms. The van der Waals surface area contributed by atoms with Gasteiger partial charge in [-0.05, 0) is 31.2 Å². The van der Waals surface area contributed by atoms with Crippen molar-refractivity contribution >= 4 is 11.0 Å². The largest absolute Gasteiger partial charge is 0.508 e. The van der Waals surface area contributed by atoms with E-state index >= 15 is 0 Å². The second-order valence-electron chi connectivity index (χ2n) is 10.2. The monoisotopic (exact) mass is 610 g/mol. The molecule has 0 saturated carbocycles. The van der Waals surface area contributed by atoms with Crippen LogP contribution in [0.4, 0.5) is 0 Å². The zero-order valence-corrected chi connectivity index (χ0v) is 22.3. The van der Waals surface area contributed by atoms with Crippen molar-refractivity contribution in [3.63, 3.8) is 0 Å². The number of phenols is 3. The van der Waals surface area contributed by atoms with E-state index in [1.54, 1.807) is 0 Å². The van der Waals surface area contributed by atoms with Gasteiger partial charge in [0.25, 0.3) is 0 Å². The van der Waals surface area contributed by atoms with Crippen LogP contribution in [0.3, 0.4) is 0 Å². The molecule has 10 N–H and O–H groups in total. The maximum atomic E-state index is 13.7.